The van der Waals surface area contributed by atoms with Crippen molar-refractivity contribution in [3.05, 3.63) is 40.1 Å². The summed E-state index contributed by atoms with van der Waals surface area (Å²) in [4.78, 5) is 3.42. The summed E-state index contributed by atoms with van der Waals surface area (Å²) >= 11 is 3.69. The van der Waals surface area contributed by atoms with E-state index in [-0.39, 0.29) is 0 Å². The van der Waals surface area contributed by atoms with Crippen molar-refractivity contribution < 1.29 is 0 Å². The van der Waals surface area contributed by atoms with Crippen LogP contribution < -0.4 is 5.73 Å². The Balaban J connectivity index is 2.26. The summed E-state index contributed by atoms with van der Waals surface area (Å²) in [7, 11) is 1.96. The SMILES string of the molecule is Cc1[nH]c2ccccc2c1-c1nn(C)c(CCN)c1Br. The zero-order valence-electron chi connectivity index (χ0n) is 11.6. The van der Waals surface area contributed by atoms with E-state index in [9.17, 15) is 0 Å². The van der Waals surface area contributed by atoms with Crippen LogP contribution in [0.5, 0.6) is 0 Å². The van der Waals surface area contributed by atoms with Gasteiger partial charge < -0.3 is 10.7 Å². The molecule has 1 aromatic carbocycles. The molecule has 2 heterocycles. The van der Waals surface area contributed by atoms with Gasteiger partial charge in [0.1, 0.15) is 5.69 Å². The van der Waals surface area contributed by atoms with Gasteiger partial charge in [-0.05, 0) is 35.5 Å². The van der Waals surface area contributed by atoms with Crippen molar-refractivity contribution in [2.45, 2.75) is 13.3 Å². The summed E-state index contributed by atoms with van der Waals surface area (Å²) in [5, 5.41) is 5.87. The van der Waals surface area contributed by atoms with E-state index in [4.69, 9.17) is 5.73 Å². The molecule has 0 amide bonds. The first-order valence-corrected chi connectivity index (χ1v) is 7.42. The summed E-state index contributed by atoms with van der Waals surface area (Å²) in [6, 6.07) is 8.30. The molecule has 0 aliphatic heterocycles. The quantitative estimate of drug-likeness (QED) is 0.774. The molecule has 0 spiro atoms. The Morgan fingerprint density at radius 2 is 2.10 bits per heavy atom. The molecule has 0 unspecified atom stereocenters. The van der Waals surface area contributed by atoms with E-state index in [0.717, 1.165) is 39.1 Å². The molecule has 104 valence electrons. The number of nitrogens with two attached hydrogens (primary N) is 1. The minimum atomic E-state index is 0.616. The third-order valence-corrected chi connectivity index (χ3v) is 4.45. The number of H-pyrrole nitrogens is 1. The molecule has 3 rings (SSSR count). The van der Waals surface area contributed by atoms with Crippen LogP contribution in [-0.4, -0.2) is 21.3 Å². The maximum atomic E-state index is 5.68. The topological polar surface area (TPSA) is 59.6 Å². The highest BCUT2D eigenvalue weighted by molar-refractivity contribution is 9.10. The van der Waals surface area contributed by atoms with Gasteiger partial charge in [-0.3, -0.25) is 4.68 Å². The summed E-state index contributed by atoms with van der Waals surface area (Å²) in [6.07, 6.45) is 0.811. The fraction of sp³-hybridized carbons (Fsp3) is 0.267. The van der Waals surface area contributed by atoms with Gasteiger partial charge in [0.25, 0.3) is 0 Å². The van der Waals surface area contributed by atoms with Crippen molar-refractivity contribution in [1.82, 2.24) is 14.8 Å². The van der Waals surface area contributed by atoms with E-state index in [2.05, 4.69) is 51.1 Å². The Morgan fingerprint density at radius 1 is 1.35 bits per heavy atom. The molecule has 0 fully saturated rings. The summed E-state index contributed by atoms with van der Waals surface area (Å²) in [5.41, 5.74) is 11.2. The van der Waals surface area contributed by atoms with Crippen LogP contribution in [0.3, 0.4) is 0 Å². The number of para-hydroxylation sites is 1. The summed E-state index contributed by atoms with van der Waals surface area (Å²) in [5.74, 6) is 0. The van der Waals surface area contributed by atoms with E-state index < -0.39 is 0 Å². The number of nitrogens with zero attached hydrogens (tertiary/aromatic N) is 2. The van der Waals surface area contributed by atoms with Crippen LogP contribution in [0.15, 0.2) is 28.7 Å². The van der Waals surface area contributed by atoms with E-state index in [1.54, 1.807) is 0 Å². The molecule has 0 saturated carbocycles. The van der Waals surface area contributed by atoms with Crippen LogP contribution >= 0.6 is 15.9 Å². The van der Waals surface area contributed by atoms with Gasteiger partial charge in [-0.1, -0.05) is 18.2 Å². The number of aromatic amines is 1. The van der Waals surface area contributed by atoms with Gasteiger partial charge in [0.2, 0.25) is 0 Å². The molecule has 0 saturated heterocycles. The van der Waals surface area contributed by atoms with Gasteiger partial charge >= 0.3 is 0 Å². The Kier molecular flexibility index (Phi) is 3.40. The number of aryl methyl sites for hydroxylation is 2. The van der Waals surface area contributed by atoms with Crippen molar-refractivity contribution in [3.8, 4) is 11.3 Å². The molecule has 4 nitrogen and oxygen atoms in total. The minimum Gasteiger partial charge on any atom is -0.358 e. The molecule has 2 aromatic heterocycles. The average Bonchev–Trinajstić information content (AvgIpc) is 2.89. The lowest BCUT2D eigenvalue weighted by Crippen LogP contribution is -2.07. The largest absolute Gasteiger partial charge is 0.358 e. The van der Waals surface area contributed by atoms with E-state index >= 15 is 0 Å². The number of hydrogen-bond donors (Lipinski definition) is 2. The van der Waals surface area contributed by atoms with Crippen molar-refractivity contribution >= 4 is 26.8 Å². The van der Waals surface area contributed by atoms with E-state index in [0.29, 0.717) is 6.54 Å². The Labute approximate surface area is 126 Å². The van der Waals surface area contributed by atoms with E-state index in [1.165, 1.54) is 5.39 Å². The molecule has 0 radical (unpaired) electrons. The van der Waals surface area contributed by atoms with Crippen LogP contribution in [0, 0.1) is 6.92 Å². The first-order chi connectivity index (χ1) is 9.63. The number of hydrogen-bond acceptors (Lipinski definition) is 2. The van der Waals surface area contributed by atoms with Gasteiger partial charge in [0.15, 0.2) is 0 Å². The number of rotatable bonds is 3. The van der Waals surface area contributed by atoms with Gasteiger partial charge in [0.05, 0.1) is 10.2 Å². The highest BCUT2D eigenvalue weighted by Crippen LogP contribution is 2.37. The molecular weight excluding hydrogens is 316 g/mol. The zero-order valence-corrected chi connectivity index (χ0v) is 13.2. The molecule has 0 atom stereocenters. The Morgan fingerprint density at radius 3 is 2.85 bits per heavy atom. The summed E-state index contributed by atoms with van der Waals surface area (Å²) < 4.78 is 2.95. The molecule has 0 aliphatic rings. The third-order valence-electron chi connectivity index (χ3n) is 3.61. The second-order valence-electron chi connectivity index (χ2n) is 4.94. The maximum absolute atomic E-state index is 5.68. The zero-order chi connectivity index (χ0) is 14.3. The van der Waals surface area contributed by atoms with Crippen LogP contribution in [0.4, 0.5) is 0 Å². The van der Waals surface area contributed by atoms with E-state index in [1.807, 2.05) is 17.8 Å². The fourth-order valence-corrected chi connectivity index (χ4v) is 3.42. The number of aromatic nitrogens is 3. The van der Waals surface area contributed by atoms with Crippen molar-refractivity contribution in [2.75, 3.05) is 6.54 Å². The first kappa shape index (κ1) is 13.4. The van der Waals surface area contributed by atoms with Gasteiger partial charge in [-0.15, -0.1) is 0 Å². The predicted octanol–water partition coefficient (Wildman–Crippen LogP) is 3.14. The molecule has 0 bridgehead atoms. The van der Waals surface area contributed by atoms with Crippen LogP contribution in [-0.2, 0) is 13.5 Å². The molecule has 5 heteroatoms. The molecule has 3 N–H and O–H groups in total. The number of nitrogens with one attached hydrogen (secondary N) is 1. The summed E-state index contributed by atoms with van der Waals surface area (Å²) in [6.45, 7) is 2.70. The van der Waals surface area contributed by atoms with Crippen LogP contribution in [0.1, 0.15) is 11.4 Å². The van der Waals surface area contributed by atoms with Crippen molar-refractivity contribution in [3.63, 3.8) is 0 Å². The van der Waals surface area contributed by atoms with Gasteiger partial charge in [-0.2, -0.15) is 5.10 Å². The molecule has 0 aliphatic carbocycles. The standard InChI is InChI=1S/C15H17BrN4/c1-9-13(10-5-3-4-6-11(10)18-9)15-14(16)12(7-8-17)20(2)19-15/h3-6,18H,7-8,17H2,1-2H3. The fourth-order valence-electron chi connectivity index (χ4n) is 2.68. The first-order valence-electron chi connectivity index (χ1n) is 6.62. The van der Waals surface area contributed by atoms with Crippen LogP contribution in [0.25, 0.3) is 22.2 Å². The lowest BCUT2D eigenvalue weighted by Gasteiger charge is -1.99. The van der Waals surface area contributed by atoms with Crippen molar-refractivity contribution in [2.24, 2.45) is 12.8 Å². The predicted molar refractivity (Wildman–Crippen MR) is 85.7 cm³/mol. The van der Waals surface area contributed by atoms with Crippen LogP contribution in [0.2, 0.25) is 0 Å². The number of halogens is 1. The Hall–Kier alpha value is -1.59. The smallest absolute Gasteiger partial charge is 0.109 e. The second kappa shape index (κ2) is 5.07. The lowest BCUT2D eigenvalue weighted by atomic mass is 10.1. The highest BCUT2D eigenvalue weighted by atomic mass is 79.9. The third kappa shape index (κ3) is 1.98. The minimum absolute atomic E-state index is 0.616. The van der Waals surface area contributed by atoms with Gasteiger partial charge in [-0.25, -0.2) is 0 Å². The number of fused-ring (bicyclic) bond motifs is 1. The second-order valence-corrected chi connectivity index (χ2v) is 5.74. The maximum Gasteiger partial charge on any atom is 0.109 e. The van der Waals surface area contributed by atoms with Crippen molar-refractivity contribution in [1.29, 1.82) is 0 Å². The average molecular weight is 333 g/mol. The monoisotopic (exact) mass is 332 g/mol. The molecular formula is C15H17BrN4. The lowest BCUT2D eigenvalue weighted by molar-refractivity contribution is 0.707. The highest BCUT2D eigenvalue weighted by Gasteiger charge is 2.19. The van der Waals surface area contributed by atoms with Gasteiger partial charge in [0, 0.05) is 35.6 Å². The molecule has 3 aromatic rings. The number of benzene rings is 1. The Bertz CT molecular complexity index is 770. The molecule has 20 heavy (non-hydrogen) atoms. The normalized spacial score (nSPS) is 11.4.